The number of nitrogens with zero attached hydrogens (tertiary/aromatic N) is 4. The van der Waals surface area contributed by atoms with Crippen LogP contribution in [0.25, 0.3) is 11.4 Å². The number of benzene rings is 1. The summed E-state index contributed by atoms with van der Waals surface area (Å²) in [7, 11) is -3.83. The highest BCUT2D eigenvalue weighted by molar-refractivity contribution is 7.89. The predicted octanol–water partition coefficient (Wildman–Crippen LogP) is 2.28. The van der Waals surface area contributed by atoms with Gasteiger partial charge in [-0.15, -0.1) is 0 Å². The molecule has 0 unspecified atom stereocenters. The van der Waals surface area contributed by atoms with Gasteiger partial charge in [0.2, 0.25) is 27.6 Å². The van der Waals surface area contributed by atoms with Crippen molar-refractivity contribution in [2.45, 2.75) is 24.7 Å². The van der Waals surface area contributed by atoms with Gasteiger partial charge in [-0.2, -0.15) is 20.6 Å². The van der Waals surface area contributed by atoms with Crippen LogP contribution in [0.3, 0.4) is 0 Å². The molecule has 0 saturated carbocycles. The summed E-state index contributed by atoms with van der Waals surface area (Å²) in [5.41, 5.74) is 1.62. The number of aryl methyl sites for hydroxylation is 2. The molecule has 0 aliphatic carbocycles. The van der Waals surface area contributed by atoms with E-state index >= 15 is 0 Å². The number of hydrogen-bond acceptors (Lipinski definition) is 8. The number of phenolic OH excluding ortho intramolecular Hbond substituents is 1. The fourth-order valence-electron chi connectivity index (χ4n) is 3.38. The first-order valence-electron chi connectivity index (χ1n) is 9.77. The molecular formula is C20H22N4O5S2. The molecule has 11 heteroatoms. The first-order valence-corrected chi connectivity index (χ1v) is 12.2. The Morgan fingerprint density at radius 1 is 1.23 bits per heavy atom. The molecule has 31 heavy (non-hydrogen) atoms. The van der Waals surface area contributed by atoms with Crippen LogP contribution in [-0.2, 0) is 21.2 Å². The van der Waals surface area contributed by atoms with E-state index in [-0.39, 0.29) is 49.2 Å². The van der Waals surface area contributed by atoms with Crippen molar-refractivity contribution in [1.82, 2.24) is 19.3 Å². The maximum Gasteiger partial charge on any atom is 0.246 e. The second-order valence-electron chi connectivity index (χ2n) is 7.28. The molecule has 1 saturated heterocycles. The van der Waals surface area contributed by atoms with Gasteiger partial charge in [-0.1, -0.05) is 11.2 Å². The van der Waals surface area contributed by atoms with Crippen LogP contribution in [0, 0.1) is 6.92 Å². The summed E-state index contributed by atoms with van der Waals surface area (Å²) >= 11 is 1.54. The smallest absolute Gasteiger partial charge is 0.246 e. The Balaban J connectivity index is 1.32. The van der Waals surface area contributed by atoms with Gasteiger partial charge in [-0.25, -0.2) is 8.42 Å². The lowest BCUT2D eigenvalue weighted by Gasteiger charge is -2.34. The third kappa shape index (κ3) is 4.63. The number of rotatable bonds is 6. The molecule has 164 valence electrons. The van der Waals surface area contributed by atoms with E-state index in [1.54, 1.807) is 17.9 Å². The molecule has 9 nitrogen and oxygen atoms in total. The molecule has 0 bridgehead atoms. The monoisotopic (exact) mass is 462 g/mol. The molecule has 3 heterocycles. The standard InChI is InChI=1S/C20H22N4O5S2/c1-14-2-3-16(25)17(12-14)31(27,28)24-9-7-23(8-10-24)19(26)5-4-18-21-20(22-29-18)15-6-11-30-13-15/h2-3,6,11-13,25H,4-5,7-10H2,1H3. The summed E-state index contributed by atoms with van der Waals surface area (Å²) in [6.07, 6.45) is 0.530. The molecule has 3 aromatic rings. The summed E-state index contributed by atoms with van der Waals surface area (Å²) in [6.45, 7) is 2.68. The molecule has 1 aliphatic rings. The van der Waals surface area contributed by atoms with Gasteiger partial charge in [0.1, 0.15) is 10.6 Å². The Kier molecular flexibility index (Phi) is 6.08. The van der Waals surface area contributed by atoms with Crippen molar-refractivity contribution in [1.29, 1.82) is 0 Å². The van der Waals surface area contributed by atoms with Crippen molar-refractivity contribution in [2.24, 2.45) is 0 Å². The molecule has 4 rings (SSSR count). The average molecular weight is 463 g/mol. The van der Waals surface area contributed by atoms with E-state index < -0.39 is 10.0 Å². The first-order chi connectivity index (χ1) is 14.8. The molecule has 0 spiro atoms. The SMILES string of the molecule is Cc1ccc(O)c(S(=O)(=O)N2CCN(C(=O)CCc3nc(-c4ccsc4)no3)CC2)c1. The molecule has 1 amide bonds. The largest absolute Gasteiger partial charge is 0.507 e. The highest BCUT2D eigenvalue weighted by atomic mass is 32.2. The highest BCUT2D eigenvalue weighted by Gasteiger charge is 2.31. The van der Waals surface area contributed by atoms with E-state index in [2.05, 4.69) is 10.1 Å². The Hall–Kier alpha value is -2.76. The van der Waals surface area contributed by atoms with Crippen LogP contribution in [0.5, 0.6) is 5.75 Å². The van der Waals surface area contributed by atoms with Crippen LogP contribution in [0.1, 0.15) is 17.9 Å². The molecule has 1 aliphatic heterocycles. The molecule has 2 aromatic heterocycles. The maximum atomic E-state index is 12.9. The van der Waals surface area contributed by atoms with Gasteiger partial charge < -0.3 is 14.5 Å². The number of phenols is 1. The van der Waals surface area contributed by atoms with Gasteiger partial charge in [-0.05, 0) is 36.1 Å². The molecule has 1 aromatic carbocycles. The third-order valence-electron chi connectivity index (χ3n) is 5.12. The minimum absolute atomic E-state index is 0.0919. The normalized spacial score (nSPS) is 15.3. The molecule has 1 N–H and O–H groups in total. The number of amides is 1. The Morgan fingerprint density at radius 2 is 2.00 bits per heavy atom. The Morgan fingerprint density at radius 3 is 2.71 bits per heavy atom. The number of aromatic hydroxyl groups is 1. The summed E-state index contributed by atoms with van der Waals surface area (Å²) in [4.78, 5) is 18.4. The number of sulfonamides is 1. The predicted molar refractivity (Wildman–Crippen MR) is 114 cm³/mol. The first kappa shape index (κ1) is 21.5. The van der Waals surface area contributed by atoms with E-state index in [0.29, 0.717) is 18.1 Å². The number of carbonyl (C=O) groups excluding carboxylic acids is 1. The number of hydrogen-bond donors (Lipinski definition) is 1. The number of piperazine rings is 1. The van der Waals surface area contributed by atoms with Crippen LogP contribution < -0.4 is 0 Å². The number of aromatic nitrogens is 2. The highest BCUT2D eigenvalue weighted by Crippen LogP contribution is 2.27. The van der Waals surface area contributed by atoms with Gasteiger partial charge in [0.25, 0.3) is 0 Å². The van der Waals surface area contributed by atoms with E-state index in [0.717, 1.165) is 11.1 Å². The summed E-state index contributed by atoms with van der Waals surface area (Å²) in [6, 6.07) is 6.38. The fraction of sp³-hybridized carbons (Fsp3) is 0.350. The Labute approximate surface area is 184 Å². The van der Waals surface area contributed by atoms with E-state index in [1.165, 1.54) is 27.8 Å². The molecular weight excluding hydrogens is 440 g/mol. The fourth-order valence-corrected chi connectivity index (χ4v) is 5.61. The van der Waals surface area contributed by atoms with Crippen LogP contribution in [0.15, 0.2) is 44.4 Å². The molecule has 1 fully saturated rings. The lowest BCUT2D eigenvalue weighted by atomic mass is 10.2. The third-order valence-corrected chi connectivity index (χ3v) is 7.74. The van der Waals surface area contributed by atoms with Crippen LogP contribution >= 0.6 is 11.3 Å². The zero-order valence-corrected chi connectivity index (χ0v) is 18.5. The van der Waals surface area contributed by atoms with Gasteiger partial charge in [0, 0.05) is 50.0 Å². The summed E-state index contributed by atoms with van der Waals surface area (Å²) < 4.78 is 32.3. The summed E-state index contributed by atoms with van der Waals surface area (Å²) in [5.74, 6) is 0.531. The van der Waals surface area contributed by atoms with Crippen molar-refractivity contribution in [3.63, 3.8) is 0 Å². The van der Waals surface area contributed by atoms with Gasteiger partial charge in [0.15, 0.2) is 0 Å². The number of thiophene rings is 1. The zero-order valence-electron chi connectivity index (χ0n) is 16.9. The van der Waals surface area contributed by atoms with Gasteiger partial charge in [-0.3, -0.25) is 4.79 Å². The van der Waals surface area contributed by atoms with E-state index in [1.807, 2.05) is 16.8 Å². The van der Waals surface area contributed by atoms with Gasteiger partial charge in [0.05, 0.1) is 0 Å². The second kappa shape index (κ2) is 8.77. The van der Waals surface area contributed by atoms with Crippen molar-refractivity contribution in [3.8, 4) is 17.1 Å². The van der Waals surface area contributed by atoms with E-state index in [4.69, 9.17) is 4.52 Å². The Bertz CT molecular complexity index is 1170. The topological polar surface area (TPSA) is 117 Å². The van der Waals surface area contributed by atoms with Crippen molar-refractivity contribution >= 4 is 27.3 Å². The van der Waals surface area contributed by atoms with Crippen LogP contribution in [0.4, 0.5) is 0 Å². The minimum Gasteiger partial charge on any atom is -0.507 e. The minimum atomic E-state index is -3.83. The van der Waals surface area contributed by atoms with Crippen LogP contribution in [-0.4, -0.2) is 65.0 Å². The summed E-state index contributed by atoms with van der Waals surface area (Å²) in [5, 5.41) is 17.8. The number of carbonyl (C=O) groups is 1. The lowest BCUT2D eigenvalue weighted by Crippen LogP contribution is -2.50. The maximum absolute atomic E-state index is 12.9. The van der Waals surface area contributed by atoms with Gasteiger partial charge >= 0.3 is 0 Å². The van der Waals surface area contributed by atoms with Crippen molar-refractivity contribution < 1.29 is 22.8 Å². The van der Waals surface area contributed by atoms with Crippen molar-refractivity contribution in [3.05, 3.63) is 46.5 Å². The molecule has 0 radical (unpaired) electrons. The van der Waals surface area contributed by atoms with Crippen molar-refractivity contribution in [2.75, 3.05) is 26.2 Å². The average Bonchev–Trinajstić information content (AvgIpc) is 3.45. The second-order valence-corrected chi connectivity index (χ2v) is 9.97. The van der Waals surface area contributed by atoms with Crippen LogP contribution in [0.2, 0.25) is 0 Å². The molecule has 0 atom stereocenters. The lowest BCUT2D eigenvalue weighted by molar-refractivity contribution is -0.132. The quantitative estimate of drug-likeness (QED) is 0.597. The zero-order chi connectivity index (χ0) is 22.0. The van der Waals surface area contributed by atoms with E-state index in [9.17, 15) is 18.3 Å².